The van der Waals surface area contributed by atoms with Gasteiger partial charge in [-0.15, -0.1) is 0 Å². The normalized spacial score (nSPS) is 9.76. The van der Waals surface area contributed by atoms with Crippen molar-refractivity contribution in [2.24, 2.45) is 0 Å². The third-order valence-corrected chi connectivity index (χ3v) is 2.61. The van der Waals surface area contributed by atoms with Crippen molar-refractivity contribution >= 4 is 33.5 Å². The van der Waals surface area contributed by atoms with E-state index >= 15 is 0 Å². The van der Waals surface area contributed by atoms with E-state index < -0.39 is 0 Å². The lowest BCUT2D eigenvalue weighted by atomic mass is 10.2. The van der Waals surface area contributed by atoms with Crippen molar-refractivity contribution in [3.63, 3.8) is 0 Å². The van der Waals surface area contributed by atoms with Gasteiger partial charge in [-0.3, -0.25) is 9.59 Å². The van der Waals surface area contributed by atoms with E-state index in [0.717, 1.165) is 10.2 Å². The topological polar surface area (TPSA) is 55.4 Å². The summed E-state index contributed by atoms with van der Waals surface area (Å²) in [5.41, 5.74) is 0.738. The van der Waals surface area contributed by atoms with Crippen LogP contribution in [0.15, 0.2) is 28.7 Å². The molecule has 0 atom stereocenters. The quantitative estimate of drug-likeness (QED) is 0.851. The van der Waals surface area contributed by atoms with Crippen molar-refractivity contribution in [3.8, 4) is 0 Å². The number of hydrogen-bond acceptors (Lipinski definition) is 3. The van der Waals surface area contributed by atoms with Crippen molar-refractivity contribution in [1.82, 2.24) is 0 Å². The Kier molecular flexibility index (Phi) is 5.69. The summed E-state index contributed by atoms with van der Waals surface area (Å²) in [4.78, 5) is 22.4. The highest BCUT2D eigenvalue weighted by Gasteiger charge is 2.05. The second kappa shape index (κ2) is 7.06. The molecular formula is C12H14BrNO3. The number of nitrogens with one attached hydrogen (secondary N) is 1. The molecule has 0 radical (unpaired) electrons. The largest absolute Gasteiger partial charge is 0.469 e. The van der Waals surface area contributed by atoms with Crippen LogP contribution in [-0.4, -0.2) is 19.0 Å². The maximum atomic E-state index is 11.5. The van der Waals surface area contributed by atoms with Crippen LogP contribution in [0.4, 0.5) is 5.69 Å². The van der Waals surface area contributed by atoms with Crippen molar-refractivity contribution in [2.75, 3.05) is 12.4 Å². The van der Waals surface area contributed by atoms with Gasteiger partial charge in [-0.1, -0.05) is 22.0 Å². The van der Waals surface area contributed by atoms with Crippen molar-refractivity contribution in [3.05, 3.63) is 28.7 Å². The van der Waals surface area contributed by atoms with Crippen LogP contribution in [0.2, 0.25) is 0 Å². The smallest absolute Gasteiger partial charge is 0.305 e. The summed E-state index contributed by atoms with van der Waals surface area (Å²) in [7, 11) is 1.34. The summed E-state index contributed by atoms with van der Waals surface area (Å²) in [6, 6.07) is 7.35. The third-order valence-electron chi connectivity index (χ3n) is 2.12. The Labute approximate surface area is 108 Å². The molecule has 1 rings (SSSR count). The highest BCUT2D eigenvalue weighted by molar-refractivity contribution is 9.10. The molecule has 0 unspecified atom stereocenters. The molecule has 0 aliphatic heterocycles. The Morgan fingerprint density at radius 2 is 2.12 bits per heavy atom. The number of benzene rings is 1. The lowest BCUT2D eigenvalue weighted by Crippen LogP contribution is -2.12. The van der Waals surface area contributed by atoms with Gasteiger partial charge in [0.15, 0.2) is 0 Å². The summed E-state index contributed by atoms with van der Waals surface area (Å²) in [5, 5.41) is 2.75. The number of methoxy groups -OCH3 is 1. The Balaban J connectivity index is 2.32. The SMILES string of the molecule is COC(=O)CCCC(=O)Nc1cccc(Br)c1. The standard InChI is InChI=1S/C12H14BrNO3/c1-17-12(16)7-3-6-11(15)14-10-5-2-4-9(13)8-10/h2,4-5,8H,3,6-7H2,1H3,(H,14,15). The lowest BCUT2D eigenvalue weighted by Gasteiger charge is -2.05. The van der Waals surface area contributed by atoms with E-state index in [9.17, 15) is 9.59 Å². The fraction of sp³-hybridized carbons (Fsp3) is 0.333. The van der Waals surface area contributed by atoms with Crippen molar-refractivity contribution < 1.29 is 14.3 Å². The second-order valence-corrected chi connectivity index (χ2v) is 4.40. The number of carbonyl (C=O) groups is 2. The predicted octanol–water partition coefficient (Wildman–Crippen LogP) is 2.73. The molecular weight excluding hydrogens is 286 g/mol. The molecule has 0 aliphatic rings. The minimum absolute atomic E-state index is 0.105. The molecule has 0 spiro atoms. The van der Waals surface area contributed by atoms with Crippen molar-refractivity contribution in [1.29, 1.82) is 0 Å². The number of halogens is 1. The van der Waals surface area contributed by atoms with Crippen LogP contribution in [0.1, 0.15) is 19.3 Å². The van der Waals surface area contributed by atoms with Crippen molar-refractivity contribution in [2.45, 2.75) is 19.3 Å². The molecule has 0 fully saturated rings. The molecule has 0 bridgehead atoms. The van der Waals surface area contributed by atoms with E-state index in [-0.39, 0.29) is 18.3 Å². The van der Waals surface area contributed by atoms with Crippen LogP contribution in [0.3, 0.4) is 0 Å². The molecule has 1 N–H and O–H groups in total. The number of rotatable bonds is 5. The van der Waals surface area contributed by atoms with Gasteiger partial charge in [0.1, 0.15) is 0 Å². The van der Waals surface area contributed by atoms with E-state index in [2.05, 4.69) is 26.0 Å². The van der Waals surface area contributed by atoms with Gasteiger partial charge in [0, 0.05) is 23.0 Å². The molecule has 17 heavy (non-hydrogen) atoms. The molecule has 0 saturated carbocycles. The monoisotopic (exact) mass is 299 g/mol. The average molecular weight is 300 g/mol. The Bertz CT molecular complexity index is 406. The summed E-state index contributed by atoms with van der Waals surface area (Å²) in [6.45, 7) is 0. The van der Waals surface area contributed by atoms with Gasteiger partial charge >= 0.3 is 5.97 Å². The number of anilines is 1. The van der Waals surface area contributed by atoms with Gasteiger partial charge in [0.2, 0.25) is 5.91 Å². The van der Waals surface area contributed by atoms with E-state index in [4.69, 9.17) is 0 Å². The highest BCUT2D eigenvalue weighted by atomic mass is 79.9. The molecule has 4 nitrogen and oxygen atoms in total. The number of carbonyl (C=O) groups excluding carboxylic acids is 2. The van der Waals surface area contributed by atoms with E-state index in [1.807, 2.05) is 24.3 Å². The molecule has 1 amide bonds. The van der Waals surface area contributed by atoms with Gasteiger partial charge < -0.3 is 10.1 Å². The zero-order valence-electron chi connectivity index (χ0n) is 9.53. The molecule has 5 heteroatoms. The maximum absolute atomic E-state index is 11.5. The number of ether oxygens (including phenoxy) is 1. The molecule has 0 saturated heterocycles. The molecule has 0 aliphatic carbocycles. The Morgan fingerprint density at radius 1 is 1.35 bits per heavy atom. The van der Waals surface area contributed by atoms with Crippen LogP contribution >= 0.6 is 15.9 Å². The molecule has 1 aromatic rings. The minimum atomic E-state index is -0.291. The third kappa shape index (κ3) is 5.49. The molecule has 92 valence electrons. The zero-order chi connectivity index (χ0) is 12.7. The first-order valence-corrected chi connectivity index (χ1v) is 6.03. The van der Waals surface area contributed by atoms with Crippen LogP contribution in [-0.2, 0) is 14.3 Å². The van der Waals surface area contributed by atoms with Gasteiger partial charge in [-0.05, 0) is 24.6 Å². The van der Waals surface area contributed by atoms with Crippen LogP contribution in [0.25, 0.3) is 0 Å². The fourth-order valence-electron chi connectivity index (χ4n) is 1.29. The van der Waals surface area contributed by atoms with Gasteiger partial charge in [-0.25, -0.2) is 0 Å². The zero-order valence-corrected chi connectivity index (χ0v) is 11.1. The summed E-state index contributed by atoms with van der Waals surface area (Å²) in [6.07, 6.45) is 1.07. The first-order valence-electron chi connectivity index (χ1n) is 5.24. The summed E-state index contributed by atoms with van der Waals surface area (Å²) < 4.78 is 5.40. The predicted molar refractivity (Wildman–Crippen MR) is 68.6 cm³/mol. The van der Waals surface area contributed by atoms with Crippen LogP contribution < -0.4 is 5.32 Å². The number of hydrogen-bond donors (Lipinski definition) is 1. The first-order chi connectivity index (χ1) is 8.11. The van der Waals surface area contributed by atoms with Crippen LogP contribution in [0, 0.1) is 0 Å². The number of amides is 1. The molecule has 1 aromatic carbocycles. The lowest BCUT2D eigenvalue weighted by molar-refractivity contribution is -0.140. The van der Waals surface area contributed by atoms with E-state index in [1.54, 1.807) is 0 Å². The Hall–Kier alpha value is -1.36. The number of esters is 1. The molecule has 0 heterocycles. The maximum Gasteiger partial charge on any atom is 0.305 e. The average Bonchev–Trinajstić information content (AvgIpc) is 2.28. The Morgan fingerprint density at radius 3 is 2.76 bits per heavy atom. The second-order valence-electron chi connectivity index (χ2n) is 3.49. The molecule has 0 aromatic heterocycles. The van der Waals surface area contributed by atoms with E-state index in [1.165, 1.54) is 7.11 Å². The first kappa shape index (κ1) is 13.7. The summed E-state index contributed by atoms with van der Waals surface area (Å²) >= 11 is 3.32. The van der Waals surface area contributed by atoms with Gasteiger partial charge in [-0.2, -0.15) is 0 Å². The highest BCUT2D eigenvalue weighted by Crippen LogP contribution is 2.15. The minimum Gasteiger partial charge on any atom is -0.469 e. The fourth-order valence-corrected chi connectivity index (χ4v) is 1.68. The van der Waals surface area contributed by atoms with Gasteiger partial charge in [0.05, 0.1) is 7.11 Å². The summed E-state index contributed by atoms with van der Waals surface area (Å²) in [5.74, 6) is -0.396. The van der Waals surface area contributed by atoms with Crippen LogP contribution in [0.5, 0.6) is 0 Å². The van der Waals surface area contributed by atoms with E-state index in [0.29, 0.717) is 12.8 Å². The van der Waals surface area contributed by atoms with Gasteiger partial charge in [0.25, 0.3) is 0 Å².